The summed E-state index contributed by atoms with van der Waals surface area (Å²) in [4.78, 5) is 23.9. The summed E-state index contributed by atoms with van der Waals surface area (Å²) < 4.78 is 30.3. The molecule has 2 fully saturated rings. The largest absolute Gasteiger partial charge is 0.439 e. The minimum Gasteiger partial charge on any atom is -0.439 e. The van der Waals surface area contributed by atoms with E-state index in [1.54, 1.807) is 24.3 Å². The zero-order chi connectivity index (χ0) is 15.0. The lowest BCUT2D eigenvalue weighted by Gasteiger charge is -2.40. The number of nitrogens with zero attached hydrogens (tertiary/aromatic N) is 2. The summed E-state index contributed by atoms with van der Waals surface area (Å²) in [6, 6.07) is 8.45. The van der Waals surface area contributed by atoms with Crippen LogP contribution >= 0.6 is 0 Å². The van der Waals surface area contributed by atoms with Crippen molar-refractivity contribution in [3.05, 3.63) is 35.9 Å². The van der Waals surface area contributed by atoms with Crippen molar-refractivity contribution in [2.24, 2.45) is 0 Å². The highest BCUT2D eigenvalue weighted by Crippen LogP contribution is 2.24. The van der Waals surface area contributed by atoms with E-state index in [9.17, 15) is 18.0 Å². The zero-order valence-corrected chi connectivity index (χ0v) is 12.0. The van der Waals surface area contributed by atoms with Crippen molar-refractivity contribution in [1.29, 1.82) is 0 Å². The molecule has 0 atom stereocenters. The maximum atomic E-state index is 12.2. The summed E-state index contributed by atoms with van der Waals surface area (Å²) in [5.74, 6) is -0.496. The van der Waals surface area contributed by atoms with Gasteiger partial charge in [-0.3, -0.25) is 4.79 Å². The lowest BCUT2D eigenvalue weighted by atomic mass is 10.1. The minimum atomic E-state index is -3.43. The van der Waals surface area contributed by atoms with Gasteiger partial charge in [0.05, 0.1) is 11.8 Å². The van der Waals surface area contributed by atoms with Gasteiger partial charge in [0.1, 0.15) is 0 Å². The SMILES string of the molecule is O=C1COC(=O)N1C1CN(S(=O)(=O)Cc2ccccc2)C1. The molecule has 0 aromatic heterocycles. The number of imide groups is 1. The molecule has 2 aliphatic heterocycles. The van der Waals surface area contributed by atoms with E-state index in [0.29, 0.717) is 5.56 Å². The van der Waals surface area contributed by atoms with Crippen LogP contribution in [0.3, 0.4) is 0 Å². The Morgan fingerprint density at radius 3 is 2.38 bits per heavy atom. The quantitative estimate of drug-likeness (QED) is 0.792. The third kappa shape index (κ3) is 2.64. The van der Waals surface area contributed by atoms with Gasteiger partial charge < -0.3 is 4.74 Å². The summed E-state index contributed by atoms with van der Waals surface area (Å²) in [6.07, 6.45) is -0.690. The molecule has 8 heteroatoms. The van der Waals surface area contributed by atoms with Gasteiger partial charge in [0, 0.05) is 13.1 Å². The summed E-state index contributed by atoms with van der Waals surface area (Å²) >= 11 is 0. The van der Waals surface area contributed by atoms with E-state index in [1.165, 1.54) is 4.31 Å². The summed E-state index contributed by atoms with van der Waals surface area (Å²) in [5.41, 5.74) is 0.706. The molecule has 2 heterocycles. The van der Waals surface area contributed by atoms with Crippen LogP contribution in [0.2, 0.25) is 0 Å². The molecule has 0 radical (unpaired) electrons. The molecule has 0 aliphatic carbocycles. The average molecular weight is 310 g/mol. The highest BCUT2D eigenvalue weighted by Gasteiger charge is 2.46. The number of cyclic esters (lactones) is 1. The predicted octanol–water partition coefficient (Wildman–Crippen LogP) is 0.179. The fourth-order valence-corrected chi connectivity index (χ4v) is 3.99. The fraction of sp³-hybridized carbons (Fsp3) is 0.385. The number of rotatable bonds is 4. The third-order valence-electron chi connectivity index (χ3n) is 3.56. The molecule has 112 valence electrons. The minimum absolute atomic E-state index is 0.0844. The van der Waals surface area contributed by atoms with Crippen LogP contribution in [-0.2, 0) is 25.3 Å². The number of benzene rings is 1. The van der Waals surface area contributed by atoms with Crippen LogP contribution in [0, 0.1) is 0 Å². The molecule has 21 heavy (non-hydrogen) atoms. The molecule has 7 nitrogen and oxygen atoms in total. The first-order valence-corrected chi connectivity index (χ1v) is 8.09. The van der Waals surface area contributed by atoms with E-state index in [0.717, 1.165) is 4.90 Å². The molecule has 1 aromatic rings. The number of hydrogen-bond donors (Lipinski definition) is 0. The van der Waals surface area contributed by atoms with Crippen LogP contribution in [0.4, 0.5) is 4.79 Å². The normalized spacial score (nSPS) is 20.5. The lowest BCUT2D eigenvalue weighted by molar-refractivity contribution is -0.128. The molecule has 0 N–H and O–H groups in total. The highest BCUT2D eigenvalue weighted by atomic mass is 32.2. The monoisotopic (exact) mass is 310 g/mol. The Kier molecular flexibility index (Phi) is 3.42. The van der Waals surface area contributed by atoms with Crippen LogP contribution < -0.4 is 0 Å². The Labute approximate surface area is 122 Å². The van der Waals surface area contributed by atoms with Crippen molar-refractivity contribution < 1.29 is 22.7 Å². The number of carbonyl (C=O) groups is 2. The van der Waals surface area contributed by atoms with Gasteiger partial charge in [0.2, 0.25) is 10.0 Å². The first-order valence-electron chi connectivity index (χ1n) is 6.48. The second kappa shape index (κ2) is 5.12. The molecule has 0 spiro atoms. The summed E-state index contributed by atoms with van der Waals surface area (Å²) in [5, 5.41) is 0. The van der Waals surface area contributed by atoms with Crippen LogP contribution in [0.5, 0.6) is 0 Å². The molecule has 2 amide bonds. The van der Waals surface area contributed by atoms with E-state index in [2.05, 4.69) is 4.74 Å². The van der Waals surface area contributed by atoms with E-state index in [-0.39, 0.29) is 25.4 Å². The van der Waals surface area contributed by atoms with Gasteiger partial charge in [-0.15, -0.1) is 0 Å². The molecule has 0 unspecified atom stereocenters. The third-order valence-corrected chi connectivity index (χ3v) is 5.35. The van der Waals surface area contributed by atoms with Crippen molar-refractivity contribution in [2.45, 2.75) is 11.8 Å². The smallest absolute Gasteiger partial charge is 0.417 e. The Balaban J connectivity index is 1.63. The fourth-order valence-electron chi connectivity index (χ4n) is 2.40. The number of amides is 2. The van der Waals surface area contributed by atoms with Gasteiger partial charge in [0.15, 0.2) is 6.61 Å². The van der Waals surface area contributed by atoms with Gasteiger partial charge in [-0.25, -0.2) is 18.1 Å². The van der Waals surface area contributed by atoms with Gasteiger partial charge in [0.25, 0.3) is 5.91 Å². The summed E-state index contributed by atoms with van der Waals surface area (Å²) in [6.45, 7) is 0.0120. The molecular weight excluding hydrogens is 296 g/mol. The molecule has 3 rings (SSSR count). The Morgan fingerprint density at radius 2 is 1.81 bits per heavy atom. The maximum Gasteiger partial charge on any atom is 0.417 e. The molecule has 2 aliphatic rings. The molecular formula is C13H14N2O5S. The molecule has 0 saturated carbocycles. The molecule has 0 bridgehead atoms. The van der Waals surface area contributed by atoms with Gasteiger partial charge >= 0.3 is 6.09 Å². The second-order valence-corrected chi connectivity index (χ2v) is 7.00. The van der Waals surface area contributed by atoms with Crippen molar-refractivity contribution in [3.63, 3.8) is 0 Å². The summed E-state index contributed by atoms with van der Waals surface area (Å²) in [7, 11) is -3.43. The van der Waals surface area contributed by atoms with Crippen molar-refractivity contribution in [1.82, 2.24) is 9.21 Å². The van der Waals surface area contributed by atoms with Crippen LogP contribution in [0.25, 0.3) is 0 Å². The second-order valence-electron chi connectivity index (χ2n) is 5.03. The number of hydrogen-bond acceptors (Lipinski definition) is 5. The van der Waals surface area contributed by atoms with Gasteiger partial charge in [-0.2, -0.15) is 4.31 Å². The Morgan fingerprint density at radius 1 is 1.14 bits per heavy atom. The Bertz CT molecular complexity index is 651. The zero-order valence-electron chi connectivity index (χ0n) is 11.1. The first-order chi connectivity index (χ1) is 9.97. The number of sulfonamides is 1. The number of carbonyl (C=O) groups excluding carboxylic acids is 2. The van der Waals surface area contributed by atoms with Crippen molar-refractivity contribution in [3.8, 4) is 0 Å². The van der Waals surface area contributed by atoms with Gasteiger partial charge in [-0.1, -0.05) is 30.3 Å². The average Bonchev–Trinajstić information content (AvgIpc) is 2.69. The van der Waals surface area contributed by atoms with Crippen LogP contribution in [-0.4, -0.2) is 55.4 Å². The number of ether oxygens (including phenoxy) is 1. The lowest BCUT2D eigenvalue weighted by Crippen LogP contribution is -2.62. The van der Waals surface area contributed by atoms with Crippen molar-refractivity contribution >= 4 is 22.0 Å². The molecule has 1 aromatic carbocycles. The predicted molar refractivity (Wildman–Crippen MR) is 72.6 cm³/mol. The van der Waals surface area contributed by atoms with E-state index >= 15 is 0 Å². The molecule has 2 saturated heterocycles. The van der Waals surface area contributed by atoms with Crippen LogP contribution in [0.1, 0.15) is 5.56 Å². The maximum absolute atomic E-state index is 12.2. The van der Waals surface area contributed by atoms with Gasteiger partial charge in [-0.05, 0) is 5.56 Å². The van der Waals surface area contributed by atoms with E-state index in [1.807, 2.05) is 6.07 Å². The van der Waals surface area contributed by atoms with Crippen molar-refractivity contribution in [2.75, 3.05) is 19.7 Å². The van der Waals surface area contributed by atoms with Crippen LogP contribution in [0.15, 0.2) is 30.3 Å². The highest BCUT2D eigenvalue weighted by molar-refractivity contribution is 7.88. The van der Waals surface area contributed by atoms with E-state index < -0.39 is 28.1 Å². The Hall–Kier alpha value is -1.93. The topological polar surface area (TPSA) is 84.0 Å². The standard InChI is InChI=1S/C13H14N2O5S/c16-12-8-20-13(17)15(12)11-6-14(7-11)21(18,19)9-10-4-2-1-3-5-10/h1-5,11H,6-9H2. The van der Waals surface area contributed by atoms with E-state index in [4.69, 9.17) is 0 Å². The first kappa shape index (κ1) is 14.0.